The first-order valence-electron chi connectivity index (χ1n) is 9.14. The standard InChI is InChI=1S/C22H21BrN2O5/c1-4-29-19-10-14(9-18(23)20(19)30-13(2)3)8-16(12-24)21(26)25-17-7-5-6-15(11-17)22(27)28/h5-11,13H,4H2,1-3H3,(H,25,26)(H,27,28)/b16-8-. The van der Waals surface area contributed by atoms with Gasteiger partial charge in [-0.25, -0.2) is 4.79 Å². The van der Waals surface area contributed by atoms with Gasteiger partial charge in [-0.3, -0.25) is 4.79 Å². The van der Waals surface area contributed by atoms with Crippen LogP contribution in [-0.4, -0.2) is 29.7 Å². The molecule has 1 amide bonds. The third kappa shape index (κ3) is 6.09. The molecule has 7 nitrogen and oxygen atoms in total. The van der Waals surface area contributed by atoms with Gasteiger partial charge in [0.15, 0.2) is 11.5 Å². The van der Waals surface area contributed by atoms with Crippen molar-refractivity contribution in [2.24, 2.45) is 0 Å². The Bertz CT molecular complexity index is 1020. The van der Waals surface area contributed by atoms with Gasteiger partial charge in [0, 0.05) is 5.69 Å². The fourth-order valence-electron chi connectivity index (χ4n) is 2.53. The van der Waals surface area contributed by atoms with Gasteiger partial charge in [-0.2, -0.15) is 5.26 Å². The van der Waals surface area contributed by atoms with E-state index in [0.29, 0.717) is 28.1 Å². The molecule has 0 fully saturated rings. The highest BCUT2D eigenvalue weighted by atomic mass is 79.9. The lowest BCUT2D eigenvalue weighted by molar-refractivity contribution is -0.112. The molecule has 0 aromatic heterocycles. The minimum atomic E-state index is -1.11. The van der Waals surface area contributed by atoms with Crippen LogP contribution in [-0.2, 0) is 4.79 Å². The molecule has 0 bridgehead atoms. The van der Waals surface area contributed by atoms with Crippen molar-refractivity contribution in [1.29, 1.82) is 5.26 Å². The Hall–Kier alpha value is -3.31. The van der Waals surface area contributed by atoms with Crippen molar-refractivity contribution < 1.29 is 24.2 Å². The number of hydrogen-bond donors (Lipinski definition) is 2. The van der Waals surface area contributed by atoms with Crippen LogP contribution in [0.4, 0.5) is 5.69 Å². The maximum Gasteiger partial charge on any atom is 0.335 e. The van der Waals surface area contributed by atoms with Crippen LogP contribution >= 0.6 is 15.9 Å². The van der Waals surface area contributed by atoms with Crippen LogP contribution in [0, 0.1) is 11.3 Å². The number of carbonyl (C=O) groups is 2. The average molecular weight is 473 g/mol. The Kier molecular flexibility index (Phi) is 8.01. The van der Waals surface area contributed by atoms with E-state index in [2.05, 4.69) is 21.2 Å². The van der Waals surface area contributed by atoms with Crippen LogP contribution in [0.2, 0.25) is 0 Å². The average Bonchev–Trinajstić information content (AvgIpc) is 2.68. The summed E-state index contributed by atoms with van der Waals surface area (Å²) < 4.78 is 12.1. The quantitative estimate of drug-likeness (QED) is 0.418. The number of carbonyl (C=O) groups excluding carboxylic acids is 1. The lowest BCUT2D eigenvalue weighted by Crippen LogP contribution is -2.14. The van der Waals surface area contributed by atoms with E-state index >= 15 is 0 Å². The molecule has 0 spiro atoms. The molecule has 0 aliphatic carbocycles. The number of nitrogens with zero attached hydrogens (tertiary/aromatic N) is 1. The molecule has 2 aromatic carbocycles. The van der Waals surface area contributed by atoms with E-state index in [4.69, 9.17) is 14.6 Å². The van der Waals surface area contributed by atoms with E-state index in [-0.39, 0.29) is 22.9 Å². The van der Waals surface area contributed by atoms with Gasteiger partial charge in [-0.15, -0.1) is 0 Å². The highest BCUT2D eigenvalue weighted by Gasteiger charge is 2.15. The Morgan fingerprint density at radius 3 is 2.63 bits per heavy atom. The lowest BCUT2D eigenvalue weighted by Gasteiger charge is -2.17. The monoisotopic (exact) mass is 472 g/mol. The third-order valence-electron chi connectivity index (χ3n) is 3.73. The zero-order chi connectivity index (χ0) is 22.3. The van der Waals surface area contributed by atoms with Crippen LogP contribution in [0.3, 0.4) is 0 Å². The maximum absolute atomic E-state index is 12.5. The molecule has 2 rings (SSSR count). The molecule has 0 unspecified atom stereocenters. The molecule has 30 heavy (non-hydrogen) atoms. The van der Waals surface area contributed by atoms with Gasteiger partial charge in [-0.05, 0) is 78.7 Å². The number of benzene rings is 2. The zero-order valence-corrected chi connectivity index (χ0v) is 18.3. The van der Waals surface area contributed by atoms with Crippen LogP contribution < -0.4 is 14.8 Å². The highest BCUT2D eigenvalue weighted by Crippen LogP contribution is 2.38. The second-order valence-corrected chi connectivity index (χ2v) is 7.29. The molecule has 0 heterocycles. The van der Waals surface area contributed by atoms with E-state index in [0.717, 1.165) is 0 Å². The molecule has 0 aliphatic heterocycles. The van der Waals surface area contributed by atoms with E-state index in [1.807, 2.05) is 26.8 Å². The van der Waals surface area contributed by atoms with Gasteiger partial charge < -0.3 is 19.9 Å². The van der Waals surface area contributed by atoms with Crippen molar-refractivity contribution in [3.05, 3.63) is 57.6 Å². The minimum Gasteiger partial charge on any atom is -0.490 e. The number of nitriles is 1. The summed E-state index contributed by atoms with van der Waals surface area (Å²) in [5.41, 5.74) is 0.717. The molecule has 2 aromatic rings. The molecule has 2 N–H and O–H groups in total. The fourth-order valence-corrected chi connectivity index (χ4v) is 3.08. The summed E-state index contributed by atoms with van der Waals surface area (Å²) in [5.74, 6) is -0.744. The number of carboxylic acid groups (broad SMARTS) is 1. The number of carboxylic acids is 1. The molecule has 0 saturated heterocycles. The summed E-state index contributed by atoms with van der Waals surface area (Å²) in [4.78, 5) is 23.6. The second-order valence-electron chi connectivity index (χ2n) is 6.44. The SMILES string of the molecule is CCOc1cc(/C=C(/C#N)C(=O)Nc2cccc(C(=O)O)c2)cc(Br)c1OC(C)C. The number of rotatable bonds is 8. The zero-order valence-electron chi connectivity index (χ0n) is 16.7. The van der Waals surface area contributed by atoms with Gasteiger partial charge >= 0.3 is 5.97 Å². The smallest absolute Gasteiger partial charge is 0.335 e. The van der Waals surface area contributed by atoms with Crippen LogP contribution in [0.5, 0.6) is 11.5 Å². The van der Waals surface area contributed by atoms with Crippen molar-refractivity contribution in [3.8, 4) is 17.6 Å². The fraction of sp³-hybridized carbons (Fsp3) is 0.227. The number of hydrogen-bond acceptors (Lipinski definition) is 5. The van der Waals surface area contributed by atoms with Gasteiger partial charge in [0.1, 0.15) is 11.6 Å². The number of anilines is 1. The van der Waals surface area contributed by atoms with Gasteiger partial charge in [0.25, 0.3) is 5.91 Å². The molecule has 0 atom stereocenters. The summed E-state index contributed by atoms with van der Waals surface area (Å²) in [6.07, 6.45) is 1.35. The van der Waals surface area contributed by atoms with Crippen molar-refractivity contribution in [3.63, 3.8) is 0 Å². The first-order chi connectivity index (χ1) is 14.2. The molecule has 0 radical (unpaired) electrons. The predicted octanol–water partition coefficient (Wildman–Crippen LogP) is 4.88. The van der Waals surface area contributed by atoms with Crippen molar-refractivity contribution >= 4 is 39.6 Å². The lowest BCUT2D eigenvalue weighted by atomic mass is 10.1. The molecular weight excluding hydrogens is 452 g/mol. The van der Waals surface area contributed by atoms with E-state index in [1.54, 1.807) is 18.2 Å². The highest BCUT2D eigenvalue weighted by molar-refractivity contribution is 9.10. The summed E-state index contributed by atoms with van der Waals surface area (Å²) >= 11 is 3.45. The third-order valence-corrected chi connectivity index (χ3v) is 4.32. The largest absolute Gasteiger partial charge is 0.490 e. The van der Waals surface area contributed by atoms with Gasteiger partial charge in [-0.1, -0.05) is 6.07 Å². The summed E-state index contributed by atoms with van der Waals surface area (Å²) in [5, 5.41) is 21.1. The van der Waals surface area contributed by atoms with Gasteiger partial charge in [0.2, 0.25) is 0 Å². The summed E-state index contributed by atoms with van der Waals surface area (Å²) in [6, 6.07) is 11.0. The topological polar surface area (TPSA) is 109 Å². The predicted molar refractivity (Wildman–Crippen MR) is 117 cm³/mol. The second kappa shape index (κ2) is 10.5. The molecule has 8 heteroatoms. The normalized spacial score (nSPS) is 11.0. The van der Waals surface area contributed by atoms with Crippen LogP contribution in [0.1, 0.15) is 36.7 Å². The van der Waals surface area contributed by atoms with Crippen LogP contribution in [0.25, 0.3) is 6.08 Å². The minimum absolute atomic E-state index is 0.0290. The maximum atomic E-state index is 12.5. The first-order valence-corrected chi connectivity index (χ1v) is 9.94. The number of halogens is 1. The Morgan fingerprint density at radius 2 is 2.03 bits per heavy atom. The number of nitrogens with one attached hydrogen (secondary N) is 1. The summed E-state index contributed by atoms with van der Waals surface area (Å²) in [6.45, 7) is 6.05. The Labute approximate surface area is 183 Å². The molecule has 156 valence electrons. The van der Waals surface area contributed by atoms with Crippen molar-refractivity contribution in [2.75, 3.05) is 11.9 Å². The summed E-state index contributed by atoms with van der Waals surface area (Å²) in [7, 11) is 0. The molecular formula is C22H21BrN2O5. The Morgan fingerprint density at radius 1 is 1.30 bits per heavy atom. The number of ether oxygens (including phenoxy) is 2. The Balaban J connectivity index is 2.34. The van der Waals surface area contributed by atoms with Crippen LogP contribution in [0.15, 0.2) is 46.4 Å². The van der Waals surface area contributed by atoms with Gasteiger partial charge in [0.05, 0.1) is 22.7 Å². The van der Waals surface area contributed by atoms with E-state index in [1.165, 1.54) is 24.3 Å². The van der Waals surface area contributed by atoms with Crippen molar-refractivity contribution in [1.82, 2.24) is 0 Å². The van der Waals surface area contributed by atoms with E-state index < -0.39 is 11.9 Å². The molecule has 0 aliphatic rings. The number of amides is 1. The van der Waals surface area contributed by atoms with Crippen molar-refractivity contribution in [2.45, 2.75) is 26.9 Å². The van der Waals surface area contributed by atoms with E-state index in [9.17, 15) is 14.9 Å². The number of aromatic carboxylic acids is 1. The first kappa shape index (κ1) is 23.0. The molecule has 0 saturated carbocycles.